The molecular weight excluding hydrogens is 412 g/mol. The van der Waals surface area contributed by atoms with Crippen LogP contribution in [-0.4, -0.2) is 73.6 Å². The molecule has 0 aromatic carbocycles. The van der Waals surface area contributed by atoms with Gasteiger partial charge in [-0.3, -0.25) is 0 Å². The van der Waals surface area contributed by atoms with Crippen molar-refractivity contribution in [2.75, 3.05) is 40.1 Å². The second-order valence-corrected chi connectivity index (χ2v) is 11.5. The van der Waals surface area contributed by atoms with Crippen LogP contribution in [0.2, 0.25) is 0 Å². The molecule has 7 nitrogen and oxygen atoms in total. The average Bonchev–Trinajstić information content (AvgIpc) is 3.12. The summed E-state index contributed by atoms with van der Waals surface area (Å²) in [6, 6.07) is 0. The van der Waals surface area contributed by atoms with Crippen LogP contribution in [-0.2, 0) is 28.4 Å². The normalized spacial score (nSPS) is 52.2. The molecule has 3 heterocycles. The van der Waals surface area contributed by atoms with Gasteiger partial charge in [-0.15, -0.1) is 0 Å². The molecule has 0 aromatic rings. The van der Waals surface area contributed by atoms with Crippen molar-refractivity contribution in [3.05, 3.63) is 11.6 Å². The Bertz CT molecular complexity index is 845. The molecule has 1 N–H and O–H groups in total. The number of hydrogen-bond acceptors (Lipinski definition) is 7. The first-order valence-electron chi connectivity index (χ1n) is 12.6. The van der Waals surface area contributed by atoms with Gasteiger partial charge < -0.3 is 33.5 Å². The summed E-state index contributed by atoms with van der Waals surface area (Å²) in [6.45, 7) is 4.90. The molecule has 3 aliphatic heterocycles. The molecule has 3 saturated carbocycles. The van der Waals surface area contributed by atoms with Gasteiger partial charge in [0.15, 0.2) is 5.79 Å². The number of ether oxygens (including phenoxy) is 6. The summed E-state index contributed by atoms with van der Waals surface area (Å²) >= 11 is 0. The van der Waals surface area contributed by atoms with E-state index >= 15 is 0 Å². The second kappa shape index (κ2) is 6.36. The van der Waals surface area contributed by atoms with Crippen molar-refractivity contribution in [3.63, 3.8) is 0 Å². The van der Waals surface area contributed by atoms with E-state index in [4.69, 9.17) is 28.4 Å². The molecule has 178 valence electrons. The molecule has 0 aromatic heterocycles. The molecule has 3 saturated heterocycles. The van der Waals surface area contributed by atoms with Crippen molar-refractivity contribution in [3.8, 4) is 0 Å². The van der Waals surface area contributed by atoms with Crippen LogP contribution in [0.5, 0.6) is 0 Å². The van der Waals surface area contributed by atoms with E-state index in [-0.39, 0.29) is 23.2 Å². The topological polar surface area (TPSA) is 78.9 Å². The van der Waals surface area contributed by atoms with Crippen molar-refractivity contribution in [1.29, 1.82) is 0 Å². The predicted octanol–water partition coefficient (Wildman–Crippen LogP) is 2.70. The third-order valence-electron chi connectivity index (χ3n) is 10.5. The fourth-order valence-electron chi connectivity index (χ4n) is 9.06. The fraction of sp³-hybridized carbons (Fsp3) is 0.920. The largest absolute Gasteiger partial charge is 0.384 e. The summed E-state index contributed by atoms with van der Waals surface area (Å²) in [6.07, 6.45) is 9.77. The van der Waals surface area contributed by atoms with Gasteiger partial charge in [0.25, 0.3) is 0 Å². The molecule has 7 rings (SSSR count). The summed E-state index contributed by atoms with van der Waals surface area (Å²) in [5, 5.41) is 12.2. The maximum Gasteiger partial charge on any atom is 0.222 e. The minimum atomic E-state index is -1.07. The molecule has 6 atom stereocenters. The number of aliphatic hydroxyl groups is 1. The molecule has 2 unspecified atom stereocenters. The van der Waals surface area contributed by atoms with Crippen molar-refractivity contribution >= 4 is 0 Å². The number of allylic oxidation sites excluding steroid dienone is 1. The van der Waals surface area contributed by atoms with Gasteiger partial charge in [0.05, 0.1) is 26.4 Å². The van der Waals surface area contributed by atoms with Gasteiger partial charge in [-0.05, 0) is 55.9 Å². The van der Waals surface area contributed by atoms with E-state index in [0.29, 0.717) is 44.7 Å². The standard InChI is InChI=1S/C25H36O7/c1-20-6-4-19-17(18(20)5-8-24(20,26)25(16-27-2)30-13-14-31-25)3-7-21-15-22(28-11-12-29-22)9-10-23(19,21)32-21/h4,17-18,26H,3,5-16H2,1-2H3/t17-,18-,20-,21?,23?,24+/m0/s1. The van der Waals surface area contributed by atoms with Gasteiger partial charge in [-0.2, -0.15) is 0 Å². The van der Waals surface area contributed by atoms with E-state index < -0.39 is 17.2 Å². The Kier molecular flexibility index (Phi) is 4.14. The average molecular weight is 449 g/mol. The highest BCUT2D eigenvalue weighted by molar-refractivity contribution is 5.43. The number of rotatable bonds is 3. The predicted molar refractivity (Wildman–Crippen MR) is 113 cm³/mol. The Morgan fingerprint density at radius 2 is 1.75 bits per heavy atom. The number of epoxide rings is 1. The first-order chi connectivity index (χ1) is 15.4. The minimum absolute atomic E-state index is 0.116. The molecule has 0 radical (unpaired) electrons. The summed E-state index contributed by atoms with van der Waals surface area (Å²) < 4.78 is 36.6. The molecule has 4 aliphatic carbocycles. The SMILES string of the molecule is COCC1([C@@]2(O)CC[C@H]3[C@@H]4CCC56CC7(CCC5(O6)C4=CC[C@@]32C)OCCO7)OCCO1. The van der Waals surface area contributed by atoms with Crippen LogP contribution in [0.3, 0.4) is 0 Å². The number of hydrogen-bond donors (Lipinski definition) is 1. The Labute approximate surface area is 189 Å². The molecule has 0 bridgehead atoms. The van der Waals surface area contributed by atoms with Gasteiger partial charge in [0.2, 0.25) is 5.79 Å². The van der Waals surface area contributed by atoms with Crippen LogP contribution in [0.4, 0.5) is 0 Å². The third-order valence-corrected chi connectivity index (χ3v) is 10.5. The first kappa shape index (κ1) is 20.8. The maximum absolute atomic E-state index is 12.2. The monoisotopic (exact) mass is 448 g/mol. The van der Waals surface area contributed by atoms with Crippen LogP contribution in [0.25, 0.3) is 0 Å². The van der Waals surface area contributed by atoms with Gasteiger partial charge in [-0.1, -0.05) is 13.0 Å². The Morgan fingerprint density at radius 3 is 2.50 bits per heavy atom. The van der Waals surface area contributed by atoms with E-state index in [9.17, 15) is 5.11 Å². The van der Waals surface area contributed by atoms with Crippen LogP contribution in [0, 0.1) is 17.3 Å². The lowest BCUT2D eigenvalue weighted by Crippen LogP contribution is -2.65. The van der Waals surface area contributed by atoms with Crippen LogP contribution in [0.1, 0.15) is 58.3 Å². The molecule has 0 amide bonds. The van der Waals surface area contributed by atoms with Gasteiger partial charge in [0, 0.05) is 25.4 Å². The smallest absolute Gasteiger partial charge is 0.222 e. The summed E-state index contributed by atoms with van der Waals surface area (Å²) in [7, 11) is 1.65. The first-order valence-corrected chi connectivity index (χ1v) is 12.6. The van der Waals surface area contributed by atoms with Gasteiger partial charge in [0.1, 0.15) is 23.4 Å². The van der Waals surface area contributed by atoms with E-state index in [1.54, 1.807) is 7.11 Å². The highest BCUT2D eigenvalue weighted by Crippen LogP contribution is 2.74. The molecule has 6 fully saturated rings. The van der Waals surface area contributed by atoms with Crippen LogP contribution in [0.15, 0.2) is 11.6 Å². The summed E-state index contributed by atoms with van der Waals surface area (Å²) in [5.41, 5.74) is -0.142. The lowest BCUT2D eigenvalue weighted by atomic mass is 9.52. The summed E-state index contributed by atoms with van der Waals surface area (Å²) in [4.78, 5) is 0. The van der Waals surface area contributed by atoms with E-state index in [1.165, 1.54) is 5.57 Å². The molecular formula is C25H36O7. The Morgan fingerprint density at radius 1 is 1.00 bits per heavy atom. The molecule has 1 spiro atoms. The van der Waals surface area contributed by atoms with E-state index in [2.05, 4.69) is 13.0 Å². The van der Waals surface area contributed by atoms with E-state index in [0.717, 1.165) is 44.9 Å². The quantitative estimate of drug-likeness (QED) is 0.525. The van der Waals surface area contributed by atoms with Crippen molar-refractivity contribution in [2.24, 2.45) is 17.3 Å². The molecule has 32 heavy (non-hydrogen) atoms. The van der Waals surface area contributed by atoms with Crippen molar-refractivity contribution in [2.45, 2.75) is 86.7 Å². The Balaban J connectivity index is 1.22. The van der Waals surface area contributed by atoms with Crippen molar-refractivity contribution in [1.82, 2.24) is 0 Å². The third kappa shape index (κ3) is 2.23. The van der Waals surface area contributed by atoms with Crippen LogP contribution < -0.4 is 0 Å². The summed E-state index contributed by atoms with van der Waals surface area (Å²) in [5.74, 6) is -0.662. The number of methoxy groups -OCH3 is 1. The highest BCUT2D eigenvalue weighted by atomic mass is 16.8. The lowest BCUT2D eigenvalue weighted by Gasteiger charge is -2.55. The van der Waals surface area contributed by atoms with Gasteiger partial charge >= 0.3 is 0 Å². The Hall–Kier alpha value is -0.540. The number of fused-ring (bicyclic) bond motifs is 3. The van der Waals surface area contributed by atoms with E-state index in [1.807, 2.05) is 0 Å². The lowest BCUT2D eigenvalue weighted by molar-refractivity contribution is -0.317. The zero-order valence-electron chi connectivity index (χ0n) is 19.3. The minimum Gasteiger partial charge on any atom is -0.384 e. The van der Waals surface area contributed by atoms with Crippen molar-refractivity contribution < 1.29 is 33.5 Å². The zero-order valence-corrected chi connectivity index (χ0v) is 19.3. The molecule has 7 aliphatic rings. The fourth-order valence-corrected chi connectivity index (χ4v) is 9.06. The highest BCUT2D eigenvalue weighted by Gasteiger charge is 2.80. The maximum atomic E-state index is 12.2. The van der Waals surface area contributed by atoms with Gasteiger partial charge in [-0.25, -0.2) is 0 Å². The van der Waals surface area contributed by atoms with Crippen LogP contribution >= 0.6 is 0 Å². The second-order valence-electron chi connectivity index (χ2n) is 11.5. The zero-order chi connectivity index (χ0) is 21.9. The molecule has 7 heteroatoms.